The van der Waals surface area contributed by atoms with Crippen LogP contribution in [0.25, 0.3) is 0 Å². The van der Waals surface area contributed by atoms with Crippen molar-refractivity contribution in [3.63, 3.8) is 0 Å². The van der Waals surface area contributed by atoms with Crippen molar-refractivity contribution < 1.29 is 14.3 Å². The lowest BCUT2D eigenvalue weighted by molar-refractivity contribution is -0.119. The van der Waals surface area contributed by atoms with E-state index >= 15 is 0 Å². The maximum Gasteiger partial charge on any atom is 0.257 e. The molecule has 5 N–H and O–H groups in total. The highest BCUT2D eigenvalue weighted by molar-refractivity contribution is 6.13. The van der Waals surface area contributed by atoms with Crippen molar-refractivity contribution >= 4 is 17.6 Å². The largest absolute Gasteiger partial charge is 0.497 e. The van der Waals surface area contributed by atoms with Crippen LogP contribution in [0.4, 0.5) is 0 Å². The van der Waals surface area contributed by atoms with Crippen molar-refractivity contribution in [1.82, 2.24) is 0 Å². The minimum absolute atomic E-state index is 0.163. The molecule has 0 saturated heterocycles. The molecular weight excluding hydrogens is 344 g/mol. The number of benzene rings is 2. The number of carbonyl (C=O) groups excluding carboxylic acids is 1. The molecule has 27 heavy (non-hydrogen) atoms. The minimum Gasteiger partial charge on any atom is -0.497 e. The van der Waals surface area contributed by atoms with Crippen molar-refractivity contribution in [2.45, 2.75) is 12.8 Å². The monoisotopic (exact) mass is 368 g/mol. The van der Waals surface area contributed by atoms with E-state index in [1.165, 1.54) is 0 Å². The van der Waals surface area contributed by atoms with Crippen molar-refractivity contribution in [2.24, 2.45) is 22.4 Å². The van der Waals surface area contributed by atoms with Gasteiger partial charge in [-0.2, -0.15) is 4.99 Å². The van der Waals surface area contributed by atoms with Gasteiger partial charge in [0.1, 0.15) is 11.5 Å². The Labute approximate surface area is 158 Å². The molecule has 7 heteroatoms. The number of hydrogen-bond donors (Lipinski definition) is 3. The summed E-state index contributed by atoms with van der Waals surface area (Å²) in [5.41, 5.74) is 12.5. The fraction of sp³-hybridized carbons (Fsp3) is 0.250. The molecule has 0 radical (unpaired) electrons. The summed E-state index contributed by atoms with van der Waals surface area (Å²) in [6.07, 6.45) is 0.972. The number of nitrogens with one attached hydrogen (secondary N) is 1. The molecule has 0 aliphatic rings. The van der Waals surface area contributed by atoms with Crippen molar-refractivity contribution in [2.75, 3.05) is 14.2 Å². The third-order valence-corrected chi connectivity index (χ3v) is 4.14. The Balaban J connectivity index is 2.22. The molecule has 0 aliphatic heterocycles. The quantitative estimate of drug-likeness (QED) is 0.486. The highest BCUT2D eigenvalue weighted by Gasteiger charge is 2.24. The second-order valence-corrected chi connectivity index (χ2v) is 5.96. The third-order valence-electron chi connectivity index (χ3n) is 4.14. The van der Waals surface area contributed by atoms with Gasteiger partial charge in [0.05, 0.1) is 25.8 Å². The van der Waals surface area contributed by atoms with Gasteiger partial charge in [-0.3, -0.25) is 4.79 Å². The molecule has 142 valence electrons. The Hall–Kier alpha value is -3.35. The number of hydrogen-bond acceptors (Lipinski definition) is 4. The first-order valence-corrected chi connectivity index (χ1v) is 8.44. The van der Waals surface area contributed by atoms with E-state index in [1.54, 1.807) is 38.5 Å². The van der Waals surface area contributed by atoms with Crippen LogP contribution < -0.4 is 20.9 Å². The molecule has 2 aromatic rings. The van der Waals surface area contributed by atoms with Crippen LogP contribution >= 0.6 is 0 Å². The topological polar surface area (TPSA) is 124 Å². The molecule has 0 fully saturated rings. The molecule has 2 rings (SSSR count). The van der Waals surface area contributed by atoms with Crippen LogP contribution in [0.15, 0.2) is 53.5 Å². The van der Waals surface area contributed by atoms with E-state index < -0.39 is 11.8 Å². The van der Waals surface area contributed by atoms with Crippen molar-refractivity contribution in [3.8, 4) is 11.5 Å². The molecule has 0 bridgehead atoms. The van der Waals surface area contributed by atoms with Crippen molar-refractivity contribution in [3.05, 3.63) is 59.7 Å². The van der Waals surface area contributed by atoms with E-state index in [1.807, 2.05) is 24.3 Å². The van der Waals surface area contributed by atoms with Gasteiger partial charge in [-0.25, -0.2) is 0 Å². The first kappa shape index (κ1) is 20.0. The number of nitrogens with zero attached hydrogens (tertiary/aromatic N) is 1. The maximum atomic E-state index is 12.5. The lowest BCUT2D eigenvalue weighted by Gasteiger charge is -2.16. The molecular formula is C20H24N4O3. The predicted octanol–water partition coefficient (Wildman–Crippen LogP) is 2.12. The minimum atomic E-state index is -0.758. The molecule has 0 aliphatic carbocycles. The van der Waals surface area contributed by atoms with Crippen LogP contribution in [0, 0.1) is 11.3 Å². The average molecular weight is 368 g/mol. The Morgan fingerprint density at radius 3 is 2.33 bits per heavy atom. The zero-order chi connectivity index (χ0) is 19.8. The summed E-state index contributed by atoms with van der Waals surface area (Å²) in [7, 11) is 3.17. The van der Waals surface area contributed by atoms with E-state index in [4.69, 9.17) is 26.4 Å². The Morgan fingerprint density at radius 1 is 1.07 bits per heavy atom. The van der Waals surface area contributed by atoms with Gasteiger partial charge < -0.3 is 26.4 Å². The Morgan fingerprint density at radius 2 is 1.74 bits per heavy atom. The molecule has 0 saturated carbocycles. The van der Waals surface area contributed by atoms with Gasteiger partial charge in [-0.05, 0) is 60.4 Å². The number of aryl methyl sites for hydroxylation is 1. The molecule has 1 atom stereocenters. The lowest BCUT2D eigenvalue weighted by Crippen LogP contribution is -2.29. The predicted molar refractivity (Wildman–Crippen MR) is 105 cm³/mol. The van der Waals surface area contributed by atoms with E-state index in [0.29, 0.717) is 24.2 Å². The van der Waals surface area contributed by atoms with Gasteiger partial charge in [-0.15, -0.1) is 0 Å². The van der Waals surface area contributed by atoms with E-state index in [9.17, 15) is 4.79 Å². The van der Waals surface area contributed by atoms with E-state index in [0.717, 1.165) is 11.3 Å². The van der Waals surface area contributed by atoms with Crippen molar-refractivity contribution in [1.29, 1.82) is 5.41 Å². The van der Waals surface area contributed by atoms with Gasteiger partial charge in [-0.1, -0.05) is 12.1 Å². The second-order valence-electron chi connectivity index (χ2n) is 5.96. The van der Waals surface area contributed by atoms with E-state index in [2.05, 4.69) is 4.99 Å². The summed E-state index contributed by atoms with van der Waals surface area (Å²) in [5.74, 6) is -0.181. The van der Waals surface area contributed by atoms with Gasteiger partial charge in [0, 0.05) is 0 Å². The number of aliphatic imine (C=N–C) groups is 1. The maximum absolute atomic E-state index is 12.5. The van der Waals surface area contributed by atoms with Gasteiger partial charge >= 0.3 is 0 Å². The number of ether oxygens (including phenoxy) is 2. The highest BCUT2D eigenvalue weighted by atomic mass is 16.5. The van der Waals surface area contributed by atoms with Crippen LogP contribution in [0.1, 0.15) is 17.5 Å². The average Bonchev–Trinajstić information content (AvgIpc) is 2.67. The molecule has 0 spiro atoms. The van der Waals surface area contributed by atoms with Crippen LogP contribution in [0.3, 0.4) is 0 Å². The zero-order valence-corrected chi connectivity index (χ0v) is 15.4. The Kier molecular flexibility index (Phi) is 6.93. The summed E-state index contributed by atoms with van der Waals surface area (Å²) in [5, 5.41) is 8.50. The summed E-state index contributed by atoms with van der Waals surface area (Å²) in [6, 6.07) is 14.6. The number of nitrogens with two attached hydrogens (primary N) is 2. The molecule has 1 amide bonds. The van der Waals surface area contributed by atoms with Gasteiger partial charge in [0.15, 0.2) is 5.96 Å². The number of carbonyl (C=O) groups is 1. The number of guanidine groups is 1. The first-order chi connectivity index (χ1) is 12.9. The van der Waals surface area contributed by atoms with E-state index in [-0.39, 0.29) is 11.7 Å². The van der Waals surface area contributed by atoms with Crippen LogP contribution in [0.5, 0.6) is 11.5 Å². The summed E-state index contributed by atoms with van der Waals surface area (Å²) < 4.78 is 10.4. The van der Waals surface area contributed by atoms with Crippen LogP contribution in [-0.2, 0) is 11.2 Å². The normalized spacial score (nSPS) is 11.3. The Bertz CT molecular complexity index is 827. The number of amides is 1. The highest BCUT2D eigenvalue weighted by Crippen LogP contribution is 2.21. The van der Waals surface area contributed by atoms with Gasteiger partial charge in [0.2, 0.25) is 0 Å². The fourth-order valence-electron chi connectivity index (χ4n) is 2.71. The lowest BCUT2D eigenvalue weighted by atomic mass is 9.90. The standard InChI is InChI=1S/C20H24N4O3/c1-26-15-9-7-14(8-10-15)18(21)17(19(25)24-20(22)23)11-6-13-4-3-5-16(12-13)27-2/h3-5,7-10,12,17,21H,6,11H2,1-2H3,(H4,22,23,24,25). The SMILES string of the molecule is COc1ccc(C(=N)C(CCc2cccc(OC)c2)C(=O)N=C(N)N)cc1. The summed E-state index contributed by atoms with van der Waals surface area (Å²) in [6.45, 7) is 0. The molecule has 7 nitrogen and oxygen atoms in total. The first-order valence-electron chi connectivity index (χ1n) is 8.44. The summed E-state index contributed by atoms with van der Waals surface area (Å²) in [4.78, 5) is 16.1. The summed E-state index contributed by atoms with van der Waals surface area (Å²) >= 11 is 0. The second kappa shape index (κ2) is 9.38. The number of rotatable bonds is 8. The fourth-order valence-corrected chi connectivity index (χ4v) is 2.71. The molecule has 1 unspecified atom stereocenters. The smallest absolute Gasteiger partial charge is 0.257 e. The zero-order valence-electron chi connectivity index (χ0n) is 15.4. The van der Waals surface area contributed by atoms with Crippen LogP contribution in [0.2, 0.25) is 0 Å². The molecule has 0 aromatic heterocycles. The number of methoxy groups -OCH3 is 2. The van der Waals surface area contributed by atoms with Gasteiger partial charge in [0.25, 0.3) is 5.91 Å². The molecule has 2 aromatic carbocycles. The van der Waals surface area contributed by atoms with Crippen LogP contribution in [-0.4, -0.2) is 31.8 Å². The molecule has 0 heterocycles. The third kappa shape index (κ3) is 5.57.